The first-order chi connectivity index (χ1) is 11.4. The van der Waals surface area contributed by atoms with E-state index < -0.39 is 0 Å². The predicted octanol–water partition coefficient (Wildman–Crippen LogP) is 0.832. The molecule has 2 aliphatic rings. The standard InChI is InChI=1S/C17H21N5O/c1-2-7-19-13(4-1)9-22-10-15-16(11-22)20-21-17(15)12-23-14-5-3-6-18-8-14/h1-8,15-17,20-21H,9-12H2. The summed E-state index contributed by atoms with van der Waals surface area (Å²) >= 11 is 0. The van der Waals surface area contributed by atoms with Gasteiger partial charge in [0.15, 0.2) is 0 Å². The smallest absolute Gasteiger partial charge is 0.137 e. The van der Waals surface area contributed by atoms with Gasteiger partial charge >= 0.3 is 0 Å². The minimum absolute atomic E-state index is 0.314. The Morgan fingerprint density at radius 3 is 2.96 bits per heavy atom. The molecule has 4 rings (SSSR count). The number of pyridine rings is 2. The lowest BCUT2D eigenvalue weighted by Gasteiger charge is -2.20. The lowest BCUT2D eigenvalue weighted by atomic mass is 9.98. The van der Waals surface area contributed by atoms with Crippen molar-refractivity contribution in [1.82, 2.24) is 25.7 Å². The number of ether oxygens (including phenoxy) is 1. The Morgan fingerprint density at radius 2 is 2.13 bits per heavy atom. The molecule has 4 heterocycles. The first-order valence-electron chi connectivity index (χ1n) is 8.04. The summed E-state index contributed by atoms with van der Waals surface area (Å²) in [5, 5.41) is 0. The highest BCUT2D eigenvalue weighted by Crippen LogP contribution is 2.25. The molecule has 6 nitrogen and oxygen atoms in total. The number of hydrazine groups is 1. The van der Waals surface area contributed by atoms with Gasteiger partial charge in [-0.2, -0.15) is 0 Å². The summed E-state index contributed by atoms with van der Waals surface area (Å²) in [6.07, 6.45) is 5.36. The van der Waals surface area contributed by atoms with E-state index in [1.165, 1.54) is 0 Å². The van der Waals surface area contributed by atoms with Crippen LogP contribution in [0.25, 0.3) is 0 Å². The molecule has 0 amide bonds. The molecule has 0 bridgehead atoms. The maximum Gasteiger partial charge on any atom is 0.137 e. The van der Waals surface area contributed by atoms with Crippen LogP contribution in [0.3, 0.4) is 0 Å². The predicted molar refractivity (Wildman–Crippen MR) is 86.6 cm³/mol. The molecule has 0 radical (unpaired) electrons. The van der Waals surface area contributed by atoms with Crippen LogP contribution >= 0.6 is 0 Å². The minimum atomic E-state index is 0.314. The third-order valence-electron chi connectivity index (χ3n) is 4.59. The number of likely N-dealkylation sites (tertiary alicyclic amines) is 1. The Labute approximate surface area is 135 Å². The van der Waals surface area contributed by atoms with Gasteiger partial charge in [0.1, 0.15) is 12.4 Å². The number of hydrogen-bond donors (Lipinski definition) is 2. The molecule has 2 aliphatic heterocycles. The van der Waals surface area contributed by atoms with E-state index in [-0.39, 0.29) is 0 Å². The van der Waals surface area contributed by atoms with Crippen molar-refractivity contribution in [2.45, 2.75) is 18.6 Å². The van der Waals surface area contributed by atoms with Crippen LogP contribution in [0.1, 0.15) is 5.69 Å². The molecule has 3 unspecified atom stereocenters. The molecule has 6 heteroatoms. The summed E-state index contributed by atoms with van der Waals surface area (Å²) in [4.78, 5) is 11.0. The van der Waals surface area contributed by atoms with Crippen LogP contribution in [-0.2, 0) is 6.54 Å². The lowest BCUT2D eigenvalue weighted by Crippen LogP contribution is -2.41. The van der Waals surface area contributed by atoms with Gasteiger partial charge in [0.25, 0.3) is 0 Å². The highest BCUT2D eigenvalue weighted by molar-refractivity contribution is 5.15. The van der Waals surface area contributed by atoms with Crippen molar-refractivity contribution in [2.24, 2.45) is 5.92 Å². The maximum absolute atomic E-state index is 5.86. The van der Waals surface area contributed by atoms with Gasteiger partial charge < -0.3 is 4.74 Å². The fourth-order valence-corrected chi connectivity index (χ4v) is 3.43. The zero-order valence-electron chi connectivity index (χ0n) is 12.9. The monoisotopic (exact) mass is 311 g/mol. The molecule has 0 saturated carbocycles. The second kappa shape index (κ2) is 6.62. The zero-order chi connectivity index (χ0) is 15.5. The average Bonchev–Trinajstić information content (AvgIpc) is 3.15. The largest absolute Gasteiger partial charge is 0.490 e. The summed E-state index contributed by atoms with van der Waals surface area (Å²) in [5.41, 5.74) is 7.92. The fraction of sp³-hybridized carbons (Fsp3) is 0.412. The molecule has 2 aromatic rings. The fourth-order valence-electron chi connectivity index (χ4n) is 3.43. The van der Waals surface area contributed by atoms with E-state index in [4.69, 9.17) is 4.74 Å². The minimum Gasteiger partial charge on any atom is -0.490 e. The Morgan fingerprint density at radius 1 is 1.13 bits per heavy atom. The molecule has 23 heavy (non-hydrogen) atoms. The Hall–Kier alpha value is -2.02. The van der Waals surface area contributed by atoms with Crippen molar-refractivity contribution in [3.63, 3.8) is 0 Å². The number of rotatable bonds is 5. The van der Waals surface area contributed by atoms with Crippen LogP contribution in [0.5, 0.6) is 5.75 Å². The van der Waals surface area contributed by atoms with E-state index in [0.29, 0.717) is 24.6 Å². The summed E-state index contributed by atoms with van der Waals surface area (Å²) in [5.74, 6) is 1.37. The molecule has 2 saturated heterocycles. The van der Waals surface area contributed by atoms with Crippen molar-refractivity contribution in [1.29, 1.82) is 0 Å². The van der Waals surface area contributed by atoms with E-state index in [1.807, 2.05) is 30.5 Å². The normalized spacial score (nSPS) is 27.0. The number of fused-ring (bicyclic) bond motifs is 1. The average molecular weight is 311 g/mol. The molecular formula is C17H21N5O. The molecule has 2 aromatic heterocycles. The van der Waals surface area contributed by atoms with Crippen LogP contribution < -0.4 is 15.6 Å². The molecule has 3 atom stereocenters. The van der Waals surface area contributed by atoms with Gasteiger partial charge in [-0.1, -0.05) is 6.07 Å². The van der Waals surface area contributed by atoms with Gasteiger partial charge in [-0.3, -0.25) is 25.7 Å². The third kappa shape index (κ3) is 3.34. The van der Waals surface area contributed by atoms with Gasteiger partial charge in [-0.15, -0.1) is 0 Å². The molecule has 2 N–H and O–H groups in total. The summed E-state index contributed by atoms with van der Waals surface area (Å²) < 4.78 is 5.86. The maximum atomic E-state index is 5.86. The van der Waals surface area contributed by atoms with Crippen molar-refractivity contribution in [2.75, 3.05) is 19.7 Å². The highest BCUT2D eigenvalue weighted by Gasteiger charge is 2.42. The number of hydrogen-bond acceptors (Lipinski definition) is 6. The lowest BCUT2D eigenvalue weighted by molar-refractivity contribution is 0.225. The molecule has 0 spiro atoms. The molecule has 2 fully saturated rings. The van der Waals surface area contributed by atoms with E-state index in [2.05, 4.69) is 31.8 Å². The highest BCUT2D eigenvalue weighted by atomic mass is 16.5. The van der Waals surface area contributed by atoms with E-state index in [1.54, 1.807) is 12.4 Å². The van der Waals surface area contributed by atoms with Crippen LogP contribution in [0, 0.1) is 5.92 Å². The topological polar surface area (TPSA) is 62.3 Å². The Kier molecular flexibility index (Phi) is 4.19. The second-order valence-corrected chi connectivity index (χ2v) is 6.18. The summed E-state index contributed by atoms with van der Waals surface area (Å²) in [6, 6.07) is 10.7. The second-order valence-electron chi connectivity index (χ2n) is 6.18. The van der Waals surface area contributed by atoms with E-state index in [0.717, 1.165) is 31.1 Å². The molecular weight excluding hydrogens is 290 g/mol. The van der Waals surface area contributed by atoms with Gasteiger partial charge in [0.2, 0.25) is 0 Å². The van der Waals surface area contributed by atoms with E-state index in [9.17, 15) is 0 Å². The molecule has 0 aliphatic carbocycles. The molecule has 120 valence electrons. The van der Waals surface area contributed by atoms with Crippen LogP contribution in [-0.4, -0.2) is 46.6 Å². The molecule has 0 aromatic carbocycles. The van der Waals surface area contributed by atoms with E-state index >= 15 is 0 Å². The van der Waals surface area contributed by atoms with Crippen LogP contribution in [0.2, 0.25) is 0 Å². The van der Waals surface area contributed by atoms with Crippen molar-refractivity contribution < 1.29 is 4.74 Å². The number of nitrogens with zero attached hydrogens (tertiary/aromatic N) is 3. The summed E-state index contributed by atoms with van der Waals surface area (Å²) in [6.45, 7) is 3.66. The van der Waals surface area contributed by atoms with Crippen molar-refractivity contribution in [3.05, 3.63) is 54.6 Å². The number of nitrogens with one attached hydrogen (secondary N) is 2. The van der Waals surface area contributed by atoms with Gasteiger partial charge in [-0.25, -0.2) is 0 Å². The third-order valence-corrected chi connectivity index (χ3v) is 4.59. The Balaban J connectivity index is 1.32. The quantitative estimate of drug-likeness (QED) is 0.853. The Bertz CT molecular complexity index is 623. The van der Waals surface area contributed by atoms with Gasteiger partial charge in [0, 0.05) is 44.0 Å². The first kappa shape index (κ1) is 14.6. The zero-order valence-corrected chi connectivity index (χ0v) is 12.9. The van der Waals surface area contributed by atoms with Gasteiger partial charge in [0.05, 0.1) is 17.9 Å². The van der Waals surface area contributed by atoms with Gasteiger partial charge in [-0.05, 0) is 24.3 Å². The van der Waals surface area contributed by atoms with Crippen LogP contribution in [0.15, 0.2) is 48.9 Å². The summed E-state index contributed by atoms with van der Waals surface area (Å²) in [7, 11) is 0. The first-order valence-corrected chi connectivity index (χ1v) is 8.04. The SMILES string of the molecule is c1ccc(CN2CC3NNC(COc4cccnc4)C3C2)nc1. The van der Waals surface area contributed by atoms with Crippen molar-refractivity contribution in [3.8, 4) is 5.75 Å². The number of aromatic nitrogens is 2. The van der Waals surface area contributed by atoms with Crippen LogP contribution in [0.4, 0.5) is 0 Å². The van der Waals surface area contributed by atoms with Crippen molar-refractivity contribution >= 4 is 0 Å².